The highest BCUT2D eigenvalue weighted by Crippen LogP contribution is 2.43. The number of nitrogens with one attached hydrogen (secondary N) is 3. The first kappa shape index (κ1) is 18.7. The zero-order chi connectivity index (χ0) is 18.3. The molecule has 0 aliphatic carbocycles. The predicted octanol–water partition coefficient (Wildman–Crippen LogP) is 2.77. The van der Waals surface area contributed by atoms with Crippen LogP contribution in [0.4, 0.5) is 5.69 Å². The summed E-state index contributed by atoms with van der Waals surface area (Å²) >= 11 is 1.55. The standard InChI is InChI=1S/C17H29N5OS/c1-16(2,3)11-7-10(8-12(13(11)23)17(4,5)6)22-9-20-15(24-22)21-14(18)19/h7-8,15,20,23H,9H2,1-6H3,(H4,18,19,21). The van der Waals surface area contributed by atoms with Gasteiger partial charge in [0, 0.05) is 16.8 Å². The van der Waals surface area contributed by atoms with Gasteiger partial charge in [-0.25, -0.2) is 0 Å². The summed E-state index contributed by atoms with van der Waals surface area (Å²) < 4.78 is 2.12. The van der Waals surface area contributed by atoms with E-state index in [0.717, 1.165) is 16.8 Å². The number of aromatic hydroxyl groups is 1. The van der Waals surface area contributed by atoms with E-state index in [1.54, 1.807) is 11.9 Å². The van der Waals surface area contributed by atoms with Crippen molar-refractivity contribution >= 4 is 23.6 Å². The van der Waals surface area contributed by atoms with Crippen molar-refractivity contribution in [1.29, 1.82) is 5.41 Å². The van der Waals surface area contributed by atoms with Crippen molar-refractivity contribution in [2.24, 2.45) is 5.73 Å². The maximum atomic E-state index is 10.8. The molecule has 1 aliphatic rings. The number of phenolic OH excluding ortho intramolecular Hbond substituents is 1. The molecule has 0 bridgehead atoms. The smallest absolute Gasteiger partial charge is 0.187 e. The fourth-order valence-electron chi connectivity index (χ4n) is 2.65. The number of phenols is 1. The van der Waals surface area contributed by atoms with Crippen molar-refractivity contribution in [2.75, 3.05) is 11.0 Å². The van der Waals surface area contributed by atoms with Crippen LogP contribution in [0.1, 0.15) is 52.7 Å². The highest BCUT2D eigenvalue weighted by atomic mass is 32.2. The Kier molecular flexibility index (Phi) is 4.97. The summed E-state index contributed by atoms with van der Waals surface area (Å²) in [7, 11) is 0. The molecule has 0 saturated carbocycles. The van der Waals surface area contributed by atoms with Crippen LogP contribution in [0.3, 0.4) is 0 Å². The Morgan fingerprint density at radius 1 is 1.25 bits per heavy atom. The largest absolute Gasteiger partial charge is 0.507 e. The highest BCUT2D eigenvalue weighted by Gasteiger charge is 2.30. The molecule has 0 amide bonds. The zero-order valence-corrected chi connectivity index (χ0v) is 16.1. The second-order valence-corrected chi connectivity index (χ2v) is 9.30. The summed E-state index contributed by atoms with van der Waals surface area (Å²) in [6.07, 6.45) is 0. The van der Waals surface area contributed by atoms with Crippen LogP contribution in [-0.2, 0) is 10.8 Å². The molecule has 1 unspecified atom stereocenters. The molecule has 1 saturated heterocycles. The average Bonchev–Trinajstić information content (AvgIpc) is 2.83. The molecule has 1 atom stereocenters. The SMILES string of the molecule is CC(C)(C)c1cc(N2CNC(NC(=N)N)S2)cc(C(C)(C)C)c1O. The molecule has 134 valence electrons. The lowest BCUT2D eigenvalue weighted by Gasteiger charge is -2.30. The lowest BCUT2D eigenvalue weighted by atomic mass is 9.79. The van der Waals surface area contributed by atoms with Gasteiger partial charge in [0.15, 0.2) is 5.96 Å². The second kappa shape index (κ2) is 6.37. The normalized spacial score (nSPS) is 18.8. The molecule has 0 aromatic heterocycles. The predicted molar refractivity (Wildman–Crippen MR) is 102 cm³/mol. The van der Waals surface area contributed by atoms with Gasteiger partial charge in [-0.3, -0.25) is 15.0 Å². The second-order valence-electron chi connectivity index (χ2n) is 8.17. The third-order valence-corrected chi connectivity index (χ3v) is 5.03. The molecule has 1 aromatic rings. The van der Waals surface area contributed by atoms with Crippen LogP contribution < -0.4 is 20.7 Å². The molecule has 7 heteroatoms. The molecule has 0 radical (unpaired) electrons. The Bertz CT molecular complexity index is 598. The van der Waals surface area contributed by atoms with Gasteiger partial charge in [-0.15, -0.1) is 0 Å². The van der Waals surface area contributed by atoms with Gasteiger partial charge in [-0.2, -0.15) is 0 Å². The minimum absolute atomic E-state index is 0.0571. The van der Waals surface area contributed by atoms with Crippen LogP contribution >= 0.6 is 11.9 Å². The van der Waals surface area contributed by atoms with Crippen molar-refractivity contribution in [3.63, 3.8) is 0 Å². The summed E-state index contributed by atoms with van der Waals surface area (Å²) in [5, 5.41) is 24.3. The maximum absolute atomic E-state index is 10.8. The molecule has 1 aliphatic heterocycles. The van der Waals surface area contributed by atoms with Gasteiger partial charge in [0.05, 0.1) is 6.67 Å². The Morgan fingerprint density at radius 2 is 1.75 bits per heavy atom. The van der Waals surface area contributed by atoms with Gasteiger partial charge in [-0.05, 0) is 34.9 Å². The van der Waals surface area contributed by atoms with Crippen molar-refractivity contribution in [1.82, 2.24) is 10.6 Å². The third kappa shape index (κ3) is 4.08. The summed E-state index contributed by atoms with van der Waals surface area (Å²) in [6, 6.07) is 4.10. The monoisotopic (exact) mass is 351 g/mol. The lowest BCUT2D eigenvalue weighted by Crippen LogP contribution is -2.42. The van der Waals surface area contributed by atoms with Crippen molar-refractivity contribution in [3.05, 3.63) is 23.3 Å². The highest BCUT2D eigenvalue weighted by molar-refractivity contribution is 8.01. The van der Waals surface area contributed by atoms with Gasteiger partial charge >= 0.3 is 0 Å². The minimum Gasteiger partial charge on any atom is -0.507 e. The lowest BCUT2D eigenvalue weighted by molar-refractivity contribution is 0.423. The fraction of sp³-hybridized carbons (Fsp3) is 0.588. The Hall–Kier alpha value is -1.60. The van der Waals surface area contributed by atoms with Crippen LogP contribution in [-0.4, -0.2) is 23.2 Å². The molecule has 6 nitrogen and oxygen atoms in total. The zero-order valence-electron chi connectivity index (χ0n) is 15.3. The molecule has 2 rings (SSSR count). The Balaban J connectivity index is 2.42. The maximum Gasteiger partial charge on any atom is 0.187 e. The van der Waals surface area contributed by atoms with E-state index >= 15 is 0 Å². The van der Waals surface area contributed by atoms with Gasteiger partial charge in [-0.1, -0.05) is 41.5 Å². The number of nitrogens with zero attached hydrogens (tertiary/aromatic N) is 1. The van der Waals surface area contributed by atoms with Gasteiger partial charge < -0.3 is 16.2 Å². The van der Waals surface area contributed by atoms with Gasteiger partial charge in [0.25, 0.3) is 0 Å². The van der Waals surface area contributed by atoms with E-state index < -0.39 is 0 Å². The number of hydrogen-bond donors (Lipinski definition) is 5. The number of anilines is 1. The minimum atomic E-state index is -0.158. The summed E-state index contributed by atoms with van der Waals surface area (Å²) in [4.78, 5) is 0. The topological polar surface area (TPSA) is 97.4 Å². The number of guanidine groups is 1. The van der Waals surface area contributed by atoms with E-state index in [-0.39, 0.29) is 22.3 Å². The Morgan fingerprint density at radius 3 is 2.17 bits per heavy atom. The molecule has 24 heavy (non-hydrogen) atoms. The number of rotatable bonds is 2. The van der Waals surface area contributed by atoms with Crippen LogP contribution in [0.25, 0.3) is 0 Å². The number of nitrogens with two attached hydrogens (primary N) is 1. The van der Waals surface area contributed by atoms with Crippen molar-refractivity contribution in [3.8, 4) is 5.75 Å². The van der Waals surface area contributed by atoms with Crippen LogP contribution in [0.5, 0.6) is 5.75 Å². The van der Waals surface area contributed by atoms with Crippen molar-refractivity contribution in [2.45, 2.75) is 57.9 Å². The first-order valence-electron chi connectivity index (χ1n) is 8.06. The summed E-state index contributed by atoms with van der Waals surface area (Å²) in [5.74, 6) is 0.327. The van der Waals surface area contributed by atoms with Crippen LogP contribution in [0.2, 0.25) is 0 Å². The quantitative estimate of drug-likeness (QED) is 0.319. The van der Waals surface area contributed by atoms with E-state index in [0.29, 0.717) is 12.4 Å². The van der Waals surface area contributed by atoms with E-state index in [2.05, 4.69) is 68.6 Å². The van der Waals surface area contributed by atoms with Crippen molar-refractivity contribution < 1.29 is 5.11 Å². The summed E-state index contributed by atoms with van der Waals surface area (Å²) in [5.41, 5.74) is 7.87. The molecule has 6 N–H and O–H groups in total. The molecule has 0 spiro atoms. The van der Waals surface area contributed by atoms with Gasteiger partial charge in [0.2, 0.25) is 0 Å². The van der Waals surface area contributed by atoms with Crippen LogP contribution in [0, 0.1) is 5.41 Å². The number of hydrogen-bond acceptors (Lipinski definition) is 5. The van der Waals surface area contributed by atoms with E-state index in [4.69, 9.17) is 11.1 Å². The first-order valence-corrected chi connectivity index (χ1v) is 8.89. The van der Waals surface area contributed by atoms with E-state index in [1.165, 1.54) is 0 Å². The van der Waals surface area contributed by atoms with E-state index in [9.17, 15) is 5.11 Å². The Labute approximate surface area is 148 Å². The molecule has 1 aromatic carbocycles. The van der Waals surface area contributed by atoms with E-state index in [1.807, 2.05) is 0 Å². The fourth-order valence-corrected chi connectivity index (χ4v) is 3.60. The first-order chi connectivity index (χ1) is 10.9. The molecular formula is C17H29N5OS. The summed E-state index contributed by atoms with van der Waals surface area (Å²) in [6.45, 7) is 13.3. The third-order valence-electron chi connectivity index (χ3n) is 3.94. The molecular weight excluding hydrogens is 322 g/mol. The average molecular weight is 352 g/mol. The molecule has 1 heterocycles. The molecule has 1 fully saturated rings. The van der Waals surface area contributed by atoms with Crippen LogP contribution in [0.15, 0.2) is 12.1 Å². The number of benzene rings is 1. The van der Waals surface area contributed by atoms with Gasteiger partial charge in [0.1, 0.15) is 11.2 Å².